The molecule has 2 fully saturated rings. The highest BCUT2D eigenvalue weighted by Gasteiger charge is 2.38. The van der Waals surface area contributed by atoms with Crippen molar-refractivity contribution in [1.82, 2.24) is 4.90 Å². The minimum Gasteiger partial charge on any atom is -0.390 e. The molecule has 1 saturated heterocycles. The number of carbonyl (C=O) groups is 1. The minimum absolute atomic E-state index is 0.0122. The van der Waals surface area contributed by atoms with Crippen LogP contribution in [0.5, 0.6) is 0 Å². The Hall–Kier alpha value is -0.610. The molecule has 1 aliphatic carbocycles. The summed E-state index contributed by atoms with van der Waals surface area (Å²) in [6.07, 6.45) is 4.56. The van der Waals surface area contributed by atoms with E-state index in [0.717, 1.165) is 19.3 Å². The van der Waals surface area contributed by atoms with Crippen LogP contribution < -0.4 is 5.73 Å². The molecule has 1 aliphatic heterocycles. The third-order valence-electron chi connectivity index (χ3n) is 4.71. The fourth-order valence-electron chi connectivity index (χ4n) is 3.30. The fourth-order valence-corrected chi connectivity index (χ4v) is 3.30. The molecule has 3 atom stereocenters. The number of nitrogens with two attached hydrogens (primary N) is 1. The van der Waals surface area contributed by atoms with Gasteiger partial charge in [0.25, 0.3) is 0 Å². The van der Waals surface area contributed by atoms with Crippen LogP contribution in [0.3, 0.4) is 0 Å². The number of carbonyl (C=O) groups excluding carboxylic acids is 1. The third kappa shape index (κ3) is 2.86. The lowest BCUT2D eigenvalue weighted by molar-refractivity contribution is -0.142. The SMILES string of the molecule is CC1CCCC(N)C1C(=O)N1CCC(C)(O)CC1. The summed E-state index contributed by atoms with van der Waals surface area (Å²) in [4.78, 5) is 14.5. The molecule has 1 amide bonds. The lowest BCUT2D eigenvalue weighted by Crippen LogP contribution is -2.52. The standard InChI is InChI=1S/C14H26N2O2/c1-10-4-3-5-11(15)12(10)13(17)16-8-6-14(2,18)7-9-16/h10-12,18H,3-9,15H2,1-2H3. The minimum atomic E-state index is -0.600. The number of hydrogen-bond acceptors (Lipinski definition) is 3. The van der Waals surface area contributed by atoms with Gasteiger partial charge in [0.15, 0.2) is 0 Å². The van der Waals surface area contributed by atoms with E-state index in [4.69, 9.17) is 5.73 Å². The van der Waals surface area contributed by atoms with Crippen molar-refractivity contribution in [3.63, 3.8) is 0 Å². The Labute approximate surface area is 110 Å². The highest BCUT2D eigenvalue weighted by atomic mass is 16.3. The monoisotopic (exact) mass is 254 g/mol. The molecule has 2 rings (SSSR count). The van der Waals surface area contributed by atoms with Crippen molar-refractivity contribution >= 4 is 5.91 Å². The topological polar surface area (TPSA) is 66.6 Å². The number of likely N-dealkylation sites (tertiary alicyclic amines) is 1. The first-order valence-electron chi connectivity index (χ1n) is 7.17. The van der Waals surface area contributed by atoms with E-state index in [2.05, 4.69) is 6.92 Å². The lowest BCUT2D eigenvalue weighted by Gasteiger charge is -2.41. The van der Waals surface area contributed by atoms with E-state index in [1.807, 2.05) is 11.8 Å². The number of piperidine rings is 1. The summed E-state index contributed by atoms with van der Waals surface area (Å²) >= 11 is 0. The average Bonchev–Trinajstić information content (AvgIpc) is 2.28. The van der Waals surface area contributed by atoms with Gasteiger partial charge in [-0.25, -0.2) is 0 Å². The van der Waals surface area contributed by atoms with Crippen molar-refractivity contribution in [3.8, 4) is 0 Å². The molecule has 0 radical (unpaired) electrons. The molecule has 4 nitrogen and oxygen atoms in total. The molecule has 1 saturated carbocycles. The molecular formula is C14H26N2O2. The van der Waals surface area contributed by atoms with Gasteiger partial charge in [0.05, 0.1) is 11.5 Å². The van der Waals surface area contributed by atoms with Gasteiger partial charge in [-0.15, -0.1) is 0 Å². The first-order chi connectivity index (χ1) is 8.41. The normalized spacial score (nSPS) is 36.4. The third-order valence-corrected chi connectivity index (χ3v) is 4.71. The summed E-state index contributed by atoms with van der Waals surface area (Å²) in [7, 11) is 0. The van der Waals surface area contributed by atoms with E-state index >= 15 is 0 Å². The van der Waals surface area contributed by atoms with Gasteiger partial charge >= 0.3 is 0 Å². The molecule has 0 aromatic heterocycles. The van der Waals surface area contributed by atoms with Gasteiger partial charge in [0.1, 0.15) is 0 Å². The quantitative estimate of drug-likeness (QED) is 0.737. The Morgan fingerprint density at radius 1 is 1.33 bits per heavy atom. The molecule has 0 aromatic rings. The van der Waals surface area contributed by atoms with Crippen LogP contribution in [-0.2, 0) is 4.79 Å². The fraction of sp³-hybridized carbons (Fsp3) is 0.929. The molecule has 1 heterocycles. The van der Waals surface area contributed by atoms with Crippen LogP contribution in [0.25, 0.3) is 0 Å². The molecule has 104 valence electrons. The first kappa shape index (κ1) is 13.8. The molecular weight excluding hydrogens is 228 g/mol. The van der Waals surface area contributed by atoms with Gasteiger partial charge in [-0.1, -0.05) is 13.3 Å². The van der Waals surface area contributed by atoms with Gasteiger partial charge < -0.3 is 15.7 Å². The summed E-state index contributed by atoms with van der Waals surface area (Å²) in [5.41, 5.74) is 5.53. The predicted molar refractivity (Wildman–Crippen MR) is 70.9 cm³/mol. The second-order valence-electron chi connectivity index (χ2n) is 6.42. The maximum atomic E-state index is 12.5. The van der Waals surface area contributed by atoms with Gasteiger partial charge in [-0.05, 0) is 38.5 Å². The zero-order valence-corrected chi connectivity index (χ0v) is 11.6. The first-order valence-corrected chi connectivity index (χ1v) is 7.17. The Bertz CT molecular complexity index is 297. The van der Waals surface area contributed by atoms with E-state index < -0.39 is 5.60 Å². The maximum Gasteiger partial charge on any atom is 0.227 e. The van der Waals surface area contributed by atoms with Crippen LogP contribution >= 0.6 is 0 Å². The van der Waals surface area contributed by atoms with E-state index in [0.29, 0.717) is 31.8 Å². The number of amides is 1. The molecule has 3 N–H and O–H groups in total. The van der Waals surface area contributed by atoms with Gasteiger partial charge in [0.2, 0.25) is 5.91 Å². The Morgan fingerprint density at radius 2 is 1.94 bits per heavy atom. The van der Waals surface area contributed by atoms with Crippen molar-refractivity contribution in [2.75, 3.05) is 13.1 Å². The van der Waals surface area contributed by atoms with Crippen molar-refractivity contribution in [1.29, 1.82) is 0 Å². The van der Waals surface area contributed by atoms with Crippen LogP contribution in [0.15, 0.2) is 0 Å². The predicted octanol–water partition coefficient (Wildman–Crippen LogP) is 1.12. The van der Waals surface area contributed by atoms with Crippen molar-refractivity contribution < 1.29 is 9.90 Å². The van der Waals surface area contributed by atoms with Gasteiger partial charge in [0, 0.05) is 19.1 Å². The van der Waals surface area contributed by atoms with E-state index in [9.17, 15) is 9.90 Å². The number of hydrogen-bond donors (Lipinski definition) is 2. The summed E-state index contributed by atoms with van der Waals surface area (Å²) < 4.78 is 0. The maximum absolute atomic E-state index is 12.5. The molecule has 4 heteroatoms. The Kier molecular flexibility index (Phi) is 3.97. The van der Waals surface area contributed by atoms with Crippen molar-refractivity contribution in [3.05, 3.63) is 0 Å². The van der Waals surface area contributed by atoms with Gasteiger partial charge in [-0.3, -0.25) is 4.79 Å². The van der Waals surface area contributed by atoms with Crippen LogP contribution in [0.1, 0.15) is 46.0 Å². The second-order valence-corrected chi connectivity index (χ2v) is 6.42. The smallest absolute Gasteiger partial charge is 0.227 e. The van der Waals surface area contributed by atoms with Crippen LogP contribution in [0, 0.1) is 11.8 Å². The Morgan fingerprint density at radius 3 is 2.50 bits per heavy atom. The summed E-state index contributed by atoms with van der Waals surface area (Å²) in [5.74, 6) is 0.593. The molecule has 0 bridgehead atoms. The summed E-state index contributed by atoms with van der Waals surface area (Å²) in [5, 5.41) is 9.93. The van der Waals surface area contributed by atoms with Crippen LogP contribution in [-0.4, -0.2) is 40.6 Å². The molecule has 0 aromatic carbocycles. The molecule has 18 heavy (non-hydrogen) atoms. The highest BCUT2D eigenvalue weighted by molar-refractivity contribution is 5.80. The number of aliphatic hydroxyl groups is 1. The van der Waals surface area contributed by atoms with E-state index in [-0.39, 0.29) is 17.9 Å². The summed E-state index contributed by atoms with van der Waals surface area (Å²) in [6.45, 7) is 5.33. The second kappa shape index (κ2) is 5.17. The zero-order valence-electron chi connectivity index (χ0n) is 11.6. The van der Waals surface area contributed by atoms with Crippen molar-refractivity contribution in [2.45, 2.75) is 57.6 Å². The van der Waals surface area contributed by atoms with Crippen LogP contribution in [0.2, 0.25) is 0 Å². The van der Waals surface area contributed by atoms with E-state index in [1.54, 1.807) is 0 Å². The summed E-state index contributed by atoms with van der Waals surface area (Å²) in [6, 6.07) is 0.0173. The van der Waals surface area contributed by atoms with E-state index in [1.165, 1.54) is 0 Å². The largest absolute Gasteiger partial charge is 0.390 e. The van der Waals surface area contributed by atoms with Gasteiger partial charge in [-0.2, -0.15) is 0 Å². The molecule has 0 spiro atoms. The zero-order chi connectivity index (χ0) is 13.3. The molecule has 2 aliphatic rings. The van der Waals surface area contributed by atoms with Crippen LogP contribution in [0.4, 0.5) is 0 Å². The lowest BCUT2D eigenvalue weighted by atomic mass is 9.76. The highest BCUT2D eigenvalue weighted by Crippen LogP contribution is 2.32. The number of rotatable bonds is 1. The average molecular weight is 254 g/mol. The number of nitrogens with zero attached hydrogens (tertiary/aromatic N) is 1. The molecule has 3 unspecified atom stereocenters. The van der Waals surface area contributed by atoms with Crippen molar-refractivity contribution in [2.24, 2.45) is 17.6 Å². The Balaban J connectivity index is 1.98.